The van der Waals surface area contributed by atoms with Gasteiger partial charge in [0.05, 0.1) is 0 Å². The van der Waals surface area contributed by atoms with Gasteiger partial charge < -0.3 is 0 Å². The second kappa shape index (κ2) is 8.21. The Morgan fingerprint density at radius 3 is 1.83 bits per heavy atom. The van der Waals surface area contributed by atoms with E-state index in [1.54, 1.807) is 0 Å². The van der Waals surface area contributed by atoms with Crippen LogP contribution >= 0.6 is 0 Å². The maximum atomic E-state index is 5.96. The molecular formula is C21H28OSe2. The first-order valence-corrected chi connectivity index (χ1v) is 14.2. The van der Waals surface area contributed by atoms with E-state index in [-0.39, 0.29) is 24.3 Å². The Balaban J connectivity index is 2.06. The predicted molar refractivity (Wildman–Crippen MR) is 106 cm³/mol. The van der Waals surface area contributed by atoms with Gasteiger partial charge in [0, 0.05) is 0 Å². The zero-order chi connectivity index (χ0) is 17.8. The fourth-order valence-electron chi connectivity index (χ4n) is 2.24. The molecule has 0 aliphatic heterocycles. The Labute approximate surface area is 158 Å². The minimum atomic E-state index is 0.185. The van der Waals surface area contributed by atoms with Crippen molar-refractivity contribution >= 4 is 31.1 Å². The normalized spacial score (nSPS) is 12.4. The zero-order valence-corrected chi connectivity index (χ0v) is 19.0. The molecule has 2 rings (SSSR count). The van der Waals surface area contributed by atoms with E-state index in [1.807, 2.05) is 6.07 Å². The summed E-state index contributed by atoms with van der Waals surface area (Å²) in [6, 6.07) is 17.6. The summed E-state index contributed by atoms with van der Waals surface area (Å²) in [7, 11) is 0. The molecule has 24 heavy (non-hydrogen) atoms. The van der Waals surface area contributed by atoms with Crippen molar-refractivity contribution < 1.29 is 3.82 Å². The molecule has 0 saturated heterocycles. The first-order chi connectivity index (χ1) is 11.2. The van der Waals surface area contributed by atoms with Crippen LogP contribution in [0.25, 0.3) is 0 Å². The summed E-state index contributed by atoms with van der Waals surface area (Å²) < 4.78 is 7.43. The van der Waals surface area contributed by atoms with Gasteiger partial charge in [-0.3, -0.25) is 0 Å². The average Bonchev–Trinajstić information content (AvgIpc) is 2.51. The summed E-state index contributed by atoms with van der Waals surface area (Å²) in [6.45, 7) is 14.5. The molecule has 0 aliphatic carbocycles. The van der Waals surface area contributed by atoms with Crippen LogP contribution in [0.3, 0.4) is 0 Å². The molecule has 130 valence electrons. The van der Waals surface area contributed by atoms with Crippen LogP contribution in [0, 0.1) is 0 Å². The van der Waals surface area contributed by atoms with Crippen LogP contribution in [0.5, 0.6) is 0 Å². The Morgan fingerprint density at radius 1 is 0.792 bits per heavy atom. The average molecular weight is 454 g/mol. The molecule has 0 saturated carbocycles. The predicted octanol–water partition coefficient (Wildman–Crippen LogP) is 4.36. The summed E-state index contributed by atoms with van der Waals surface area (Å²) in [5.41, 5.74) is 4.50. The Morgan fingerprint density at radius 2 is 1.33 bits per heavy atom. The van der Waals surface area contributed by atoms with Gasteiger partial charge in [-0.05, 0) is 0 Å². The zero-order valence-electron chi connectivity index (χ0n) is 15.6. The van der Waals surface area contributed by atoms with Crippen molar-refractivity contribution in [2.75, 3.05) is 0 Å². The molecule has 0 N–H and O–H groups in total. The fraction of sp³-hybridized carbons (Fsp3) is 0.429. The van der Waals surface area contributed by atoms with Gasteiger partial charge in [0.1, 0.15) is 0 Å². The van der Waals surface area contributed by atoms with Crippen LogP contribution in [-0.4, -0.2) is 26.6 Å². The van der Waals surface area contributed by atoms with E-state index in [4.69, 9.17) is 3.82 Å². The third kappa shape index (κ3) is 6.06. The third-order valence-corrected chi connectivity index (χ3v) is 9.26. The van der Waals surface area contributed by atoms with Crippen LogP contribution in [0.2, 0.25) is 0 Å². The van der Waals surface area contributed by atoms with Crippen molar-refractivity contribution in [1.29, 1.82) is 0 Å². The first kappa shape index (κ1) is 19.8. The quantitative estimate of drug-likeness (QED) is 0.482. The Bertz CT molecular complexity index is 620. The van der Waals surface area contributed by atoms with Crippen molar-refractivity contribution in [1.82, 2.24) is 0 Å². The van der Waals surface area contributed by atoms with Crippen molar-refractivity contribution in [3.8, 4) is 0 Å². The summed E-state index contributed by atoms with van der Waals surface area (Å²) in [6.07, 6.45) is 0. The van der Waals surface area contributed by atoms with Crippen LogP contribution < -0.4 is 4.46 Å². The van der Waals surface area contributed by atoms with Crippen LogP contribution in [0.4, 0.5) is 0 Å². The van der Waals surface area contributed by atoms with Crippen LogP contribution in [-0.2, 0) is 21.3 Å². The van der Waals surface area contributed by atoms with Gasteiger partial charge in [0.15, 0.2) is 0 Å². The molecule has 0 amide bonds. The van der Waals surface area contributed by atoms with Gasteiger partial charge in [0.2, 0.25) is 0 Å². The topological polar surface area (TPSA) is 9.23 Å². The minimum absolute atomic E-state index is 0.185. The second-order valence-electron chi connectivity index (χ2n) is 8.15. The van der Waals surface area contributed by atoms with E-state index in [0.29, 0.717) is 13.1 Å². The van der Waals surface area contributed by atoms with Gasteiger partial charge in [-0.1, -0.05) is 0 Å². The van der Waals surface area contributed by atoms with Crippen LogP contribution in [0.1, 0.15) is 58.2 Å². The summed E-state index contributed by atoms with van der Waals surface area (Å²) in [5, 5.41) is 0. The first-order valence-electron chi connectivity index (χ1n) is 8.32. The second-order valence-corrected chi connectivity index (χ2v) is 13.6. The van der Waals surface area contributed by atoms with E-state index in [2.05, 4.69) is 84.0 Å². The molecule has 0 heterocycles. The van der Waals surface area contributed by atoms with Crippen LogP contribution in [0.15, 0.2) is 48.5 Å². The molecule has 0 aromatic heterocycles. The molecule has 2 aromatic carbocycles. The maximum absolute atomic E-state index is 5.96. The fourth-order valence-corrected chi connectivity index (χ4v) is 6.58. The molecule has 0 spiro atoms. The summed E-state index contributed by atoms with van der Waals surface area (Å²) >= 11 is 0.636. The molecular weight excluding hydrogens is 426 g/mol. The number of hydrogen-bond acceptors (Lipinski definition) is 1. The van der Waals surface area contributed by atoms with E-state index < -0.39 is 0 Å². The molecule has 0 radical (unpaired) electrons. The summed E-state index contributed by atoms with van der Waals surface area (Å²) in [5.74, 6) is 0. The van der Waals surface area contributed by atoms with Gasteiger partial charge in [0.25, 0.3) is 0 Å². The molecule has 0 unspecified atom stereocenters. The van der Waals surface area contributed by atoms with Crippen molar-refractivity contribution in [3.63, 3.8) is 0 Å². The number of rotatable bonds is 5. The van der Waals surface area contributed by atoms with Gasteiger partial charge in [-0.2, -0.15) is 0 Å². The molecule has 3 heteroatoms. The van der Waals surface area contributed by atoms with Gasteiger partial charge in [-0.15, -0.1) is 0 Å². The van der Waals surface area contributed by atoms with E-state index in [0.717, 1.165) is 6.61 Å². The molecule has 0 fully saturated rings. The monoisotopic (exact) mass is 456 g/mol. The standard InChI is InChI=1S/C21H28OSe2/c1-20(2,3)17-12-18(21(4,5)6)14-19(13-17)23-24-22-15-16-10-8-7-9-11-16/h7-14H,15H2,1-6H3. The van der Waals surface area contributed by atoms with Gasteiger partial charge in [-0.25, -0.2) is 0 Å². The molecule has 0 bridgehead atoms. The summed E-state index contributed by atoms with van der Waals surface area (Å²) in [4.78, 5) is 0. The van der Waals surface area contributed by atoms with E-state index in [1.165, 1.54) is 21.2 Å². The van der Waals surface area contributed by atoms with E-state index >= 15 is 0 Å². The molecule has 1 nitrogen and oxygen atoms in total. The Hall–Kier alpha value is -0.561. The van der Waals surface area contributed by atoms with Crippen molar-refractivity contribution in [2.45, 2.75) is 59.0 Å². The molecule has 0 aliphatic rings. The SMILES string of the molecule is CC(C)(C)c1cc([Se][Se]OCc2ccccc2)cc(C(C)(C)C)c1. The molecule has 2 aromatic rings. The van der Waals surface area contributed by atoms with Gasteiger partial charge >= 0.3 is 159 Å². The van der Waals surface area contributed by atoms with Crippen molar-refractivity contribution in [2.24, 2.45) is 0 Å². The third-order valence-electron chi connectivity index (χ3n) is 3.89. The van der Waals surface area contributed by atoms with E-state index in [9.17, 15) is 0 Å². The van der Waals surface area contributed by atoms with Crippen molar-refractivity contribution in [3.05, 3.63) is 65.2 Å². The molecule has 0 atom stereocenters. The Kier molecular flexibility index (Phi) is 6.76. The number of benzene rings is 2. The number of hydrogen-bond donors (Lipinski definition) is 0.